The SMILES string of the molecule is COC(=O)CN(C)C(=O)COc1cccc(C(C)C)c1. The van der Waals surface area contributed by atoms with E-state index in [1.807, 2.05) is 18.2 Å². The number of esters is 1. The molecule has 0 aliphatic carbocycles. The van der Waals surface area contributed by atoms with Crippen LogP contribution in [0.5, 0.6) is 5.75 Å². The molecule has 1 aromatic carbocycles. The summed E-state index contributed by atoms with van der Waals surface area (Å²) >= 11 is 0. The van der Waals surface area contributed by atoms with Gasteiger partial charge in [-0.15, -0.1) is 0 Å². The lowest BCUT2D eigenvalue weighted by atomic mass is 10.0. The molecule has 5 nitrogen and oxygen atoms in total. The highest BCUT2D eigenvalue weighted by Crippen LogP contribution is 2.20. The summed E-state index contributed by atoms with van der Waals surface area (Å²) in [5, 5.41) is 0. The number of nitrogens with zero attached hydrogens (tertiary/aromatic N) is 1. The number of carbonyl (C=O) groups is 2. The molecule has 0 unspecified atom stereocenters. The summed E-state index contributed by atoms with van der Waals surface area (Å²) in [5.41, 5.74) is 1.15. The second kappa shape index (κ2) is 7.53. The maximum atomic E-state index is 11.8. The first-order chi connectivity index (χ1) is 9.43. The number of likely N-dealkylation sites (N-methyl/N-ethyl adjacent to an activating group) is 1. The fourth-order valence-corrected chi connectivity index (χ4v) is 1.57. The number of methoxy groups -OCH3 is 1. The van der Waals surface area contributed by atoms with Crippen LogP contribution in [0.3, 0.4) is 0 Å². The lowest BCUT2D eigenvalue weighted by molar-refractivity contribution is -0.146. The zero-order valence-electron chi connectivity index (χ0n) is 12.4. The Balaban J connectivity index is 2.52. The van der Waals surface area contributed by atoms with Crippen LogP contribution in [0.15, 0.2) is 24.3 Å². The Morgan fingerprint density at radius 2 is 2.00 bits per heavy atom. The molecule has 0 N–H and O–H groups in total. The molecule has 0 atom stereocenters. The third-order valence-corrected chi connectivity index (χ3v) is 2.91. The molecule has 1 aromatic rings. The van der Waals surface area contributed by atoms with Gasteiger partial charge in [-0.1, -0.05) is 26.0 Å². The van der Waals surface area contributed by atoms with Crippen molar-refractivity contribution >= 4 is 11.9 Å². The number of carbonyl (C=O) groups excluding carboxylic acids is 2. The van der Waals surface area contributed by atoms with Crippen LogP contribution in [0.2, 0.25) is 0 Å². The van der Waals surface area contributed by atoms with Crippen molar-refractivity contribution in [1.29, 1.82) is 0 Å². The summed E-state index contributed by atoms with van der Waals surface area (Å²) in [4.78, 5) is 24.1. The number of amides is 1. The second-order valence-corrected chi connectivity index (χ2v) is 4.84. The molecule has 0 saturated heterocycles. The van der Waals surface area contributed by atoms with Gasteiger partial charge in [-0.05, 0) is 23.6 Å². The van der Waals surface area contributed by atoms with Gasteiger partial charge in [0, 0.05) is 7.05 Å². The highest BCUT2D eigenvalue weighted by Gasteiger charge is 2.13. The Morgan fingerprint density at radius 1 is 1.30 bits per heavy atom. The number of rotatable bonds is 6. The summed E-state index contributed by atoms with van der Waals surface area (Å²) in [6, 6.07) is 7.63. The third-order valence-electron chi connectivity index (χ3n) is 2.91. The quantitative estimate of drug-likeness (QED) is 0.745. The molecule has 0 saturated carbocycles. The normalized spacial score (nSPS) is 10.2. The molecule has 0 aromatic heterocycles. The van der Waals surface area contributed by atoms with Gasteiger partial charge in [0.1, 0.15) is 12.3 Å². The van der Waals surface area contributed by atoms with E-state index < -0.39 is 5.97 Å². The molecule has 0 bridgehead atoms. The van der Waals surface area contributed by atoms with Crippen LogP contribution in [-0.4, -0.2) is 44.1 Å². The molecular formula is C15H21NO4. The van der Waals surface area contributed by atoms with Crippen LogP contribution in [-0.2, 0) is 14.3 Å². The number of ether oxygens (including phenoxy) is 2. The van der Waals surface area contributed by atoms with Crippen molar-refractivity contribution in [3.8, 4) is 5.75 Å². The van der Waals surface area contributed by atoms with Crippen molar-refractivity contribution in [3.63, 3.8) is 0 Å². The van der Waals surface area contributed by atoms with Crippen LogP contribution in [0.25, 0.3) is 0 Å². The van der Waals surface area contributed by atoms with Gasteiger partial charge in [-0.2, -0.15) is 0 Å². The first-order valence-electron chi connectivity index (χ1n) is 6.47. The lowest BCUT2D eigenvalue weighted by Gasteiger charge is -2.16. The van der Waals surface area contributed by atoms with Gasteiger partial charge in [-0.3, -0.25) is 9.59 Å². The zero-order valence-corrected chi connectivity index (χ0v) is 12.4. The van der Waals surface area contributed by atoms with Crippen LogP contribution in [0, 0.1) is 0 Å². The van der Waals surface area contributed by atoms with Crippen LogP contribution >= 0.6 is 0 Å². The van der Waals surface area contributed by atoms with E-state index in [0.29, 0.717) is 11.7 Å². The topological polar surface area (TPSA) is 55.8 Å². The maximum absolute atomic E-state index is 11.8. The van der Waals surface area contributed by atoms with Gasteiger partial charge in [0.05, 0.1) is 7.11 Å². The van der Waals surface area contributed by atoms with Gasteiger partial charge >= 0.3 is 5.97 Å². The Morgan fingerprint density at radius 3 is 2.60 bits per heavy atom. The van der Waals surface area contributed by atoms with Gasteiger partial charge in [0.15, 0.2) is 6.61 Å². The molecule has 0 aliphatic rings. The molecule has 1 amide bonds. The van der Waals surface area contributed by atoms with Gasteiger partial charge in [0.2, 0.25) is 0 Å². The zero-order chi connectivity index (χ0) is 15.1. The smallest absolute Gasteiger partial charge is 0.325 e. The van der Waals surface area contributed by atoms with E-state index >= 15 is 0 Å². The first kappa shape index (κ1) is 16.0. The summed E-state index contributed by atoms with van der Waals surface area (Å²) in [6.07, 6.45) is 0. The van der Waals surface area contributed by atoms with Crippen LogP contribution in [0.1, 0.15) is 25.3 Å². The van der Waals surface area contributed by atoms with Crippen molar-refractivity contribution < 1.29 is 19.1 Å². The Bertz CT molecular complexity index is 471. The van der Waals surface area contributed by atoms with Crippen molar-refractivity contribution in [1.82, 2.24) is 4.90 Å². The standard InChI is InChI=1S/C15H21NO4/c1-11(2)12-6-5-7-13(8-12)20-10-14(17)16(3)9-15(18)19-4/h5-8,11H,9-10H2,1-4H3. The monoisotopic (exact) mass is 279 g/mol. The van der Waals surface area contributed by atoms with E-state index in [0.717, 1.165) is 5.56 Å². The predicted octanol–water partition coefficient (Wildman–Crippen LogP) is 1.82. The van der Waals surface area contributed by atoms with E-state index in [1.54, 1.807) is 6.07 Å². The largest absolute Gasteiger partial charge is 0.484 e. The Labute approximate surface area is 119 Å². The first-order valence-corrected chi connectivity index (χ1v) is 6.47. The third kappa shape index (κ3) is 4.91. The summed E-state index contributed by atoms with van der Waals surface area (Å²) in [5.74, 6) is 0.320. The molecule has 5 heteroatoms. The van der Waals surface area contributed by atoms with Gasteiger partial charge in [-0.25, -0.2) is 0 Å². The summed E-state index contributed by atoms with van der Waals surface area (Å²) < 4.78 is 9.95. The summed E-state index contributed by atoms with van der Waals surface area (Å²) in [6.45, 7) is 4.00. The predicted molar refractivity (Wildman–Crippen MR) is 75.7 cm³/mol. The number of benzene rings is 1. The van der Waals surface area contributed by atoms with E-state index in [2.05, 4.69) is 18.6 Å². The van der Waals surface area contributed by atoms with E-state index in [4.69, 9.17) is 4.74 Å². The molecule has 1 rings (SSSR count). The lowest BCUT2D eigenvalue weighted by Crippen LogP contribution is -2.35. The molecule has 0 fully saturated rings. The van der Waals surface area contributed by atoms with E-state index in [1.165, 1.54) is 19.1 Å². The minimum atomic E-state index is -0.456. The van der Waals surface area contributed by atoms with Crippen LogP contribution < -0.4 is 4.74 Å². The van der Waals surface area contributed by atoms with Crippen molar-refractivity contribution in [2.45, 2.75) is 19.8 Å². The van der Waals surface area contributed by atoms with E-state index in [9.17, 15) is 9.59 Å². The molecular weight excluding hydrogens is 258 g/mol. The van der Waals surface area contributed by atoms with E-state index in [-0.39, 0.29) is 19.1 Å². The molecule has 0 heterocycles. The summed E-state index contributed by atoms with van der Waals surface area (Å²) in [7, 11) is 2.82. The van der Waals surface area contributed by atoms with Gasteiger partial charge in [0.25, 0.3) is 5.91 Å². The Kier molecular flexibility index (Phi) is 6.03. The fourth-order valence-electron chi connectivity index (χ4n) is 1.57. The Hall–Kier alpha value is -2.04. The highest BCUT2D eigenvalue weighted by molar-refractivity contribution is 5.82. The number of hydrogen-bond donors (Lipinski definition) is 0. The molecule has 110 valence electrons. The maximum Gasteiger partial charge on any atom is 0.325 e. The molecule has 20 heavy (non-hydrogen) atoms. The van der Waals surface area contributed by atoms with Crippen molar-refractivity contribution in [2.75, 3.05) is 27.3 Å². The minimum absolute atomic E-state index is 0.0786. The highest BCUT2D eigenvalue weighted by atomic mass is 16.5. The van der Waals surface area contributed by atoms with Crippen molar-refractivity contribution in [2.24, 2.45) is 0 Å². The van der Waals surface area contributed by atoms with Crippen molar-refractivity contribution in [3.05, 3.63) is 29.8 Å². The second-order valence-electron chi connectivity index (χ2n) is 4.84. The fraction of sp³-hybridized carbons (Fsp3) is 0.467. The van der Waals surface area contributed by atoms with Gasteiger partial charge < -0.3 is 14.4 Å². The average Bonchev–Trinajstić information content (AvgIpc) is 2.44. The average molecular weight is 279 g/mol. The molecule has 0 radical (unpaired) electrons. The molecule has 0 spiro atoms. The van der Waals surface area contributed by atoms with Crippen LogP contribution in [0.4, 0.5) is 0 Å². The number of hydrogen-bond acceptors (Lipinski definition) is 4. The minimum Gasteiger partial charge on any atom is -0.484 e. The molecule has 0 aliphatic heterocycles.